The Kier molecular flexibility index (Phi) is 23.1. The molecule has 0 aromatic heterocycles. The molecule has 0 bridgehead atoms. The van der Waals surface area contributed by atoms with Gasteiger partial charge in [0.2, 0.25) is 0 Å². The van der Waals surface area contributed by atoms with Crippen molar-refractivity contribution in [2.75, 3.05) is 27.4 Å². The van der Waals surface area contributed by atoms with Gasteiger partial charge in [-0.15, -0.1) is 0 Å². The van der Waals surface area contributed by atoms with Gasteiger partial charge in [0.25, 0.3) is 0 Å². The smallest absolute Gasteiger partial charge is 0.309 e. The van der Waals surface area contributed by atoms with Gasteiger partial charge in [0, 0.05) is 0 Å². The van der Waals surface area contributed by atoms with Crippen molar-refractivity contribution in [2.45, 2.75) is 92.4 Å². The van der Waals surface area contributed by atoms with Crippen LogP contribution in [0.1, 0.15) is 85.8 Å². The number of allylic oxidation sites excluding steroid dienone is 4. The topological polar surface area (TPSA) is 129 Å². The zero-order valence-electron chi connectivity index (χ0n) is 32.0. The number of carboxylic acid groups (broad SMARTS) is 1. The molecule has 52 heavy (non-hydrogen) atoms. The molecule has 0 aliphatic heterocycles. The van der Waals surface area contributed by atoms with Crippen molar-refractivity contribution in [3.8, 4) is 17.2 Å². The van der Waals surface area contributed by atoms with Crippen LogP contribution in [0.15, 0.2) is 78.9 Å². The Morgan fingerprint density at radius 1 is 0.596 bits per heavy atom. The van der Waals surface area contributed by atoms with E-state index in [0.717, 1.165) is 83.4 Å². The molecule has 3 aromatic rings. The zero-order valence-corrected chi connectivity index (χ0v) is 32.0. The number of ether oxygens (including phenoxy) is 4. The molecule has 0 radical (unpaired) electrons. The van der Waals surface area contributed by atoms with E-state index in [-0.39, 0.29) is 30.5 Å². The Labute approximate surface area is 310 Å². The Morgan fingerprint density at radius 3 is 1.40 bits per heavy atom. The number of aliphatic carboxylic acids is 1. The number of rotatable bonds is 18. The number of phenolic OH excluding ortho intramolecular Hbond substituents is 1. The van der Waals surface area contributed by atoms with Crippen molar-refractivity contribution in [1.82, 2.24) is 0 Å². The molecule has 0 spiro atoms. The number of benzene rings is 3. The second-order valence-corrected chi connectivity index (χ2v) is 12.0. The van der Waals surface area contributed by atoms with Crippen molar-refractivity contribution in [2.24, 2.45) is 0 Å². The Hall–Kier alpha value is -5.05. The van der Waals surface area contributed by atoms with E-state index < -0.39 is 5.97 Å². The van der Waals surface area contributed by atoms with E-state index in [1.165, 1.54) is 14.2 Å². The second-order valence-electron chi connectivity index (χ2n) is 12.0. The van der Waals surface area contributed by atoms with E-state index in [9.17, 15) is 19.5 Å². The fourth-order valence-electron chi connectivity index (χ4n) is 4.83. The van der Waals surface area contributed by atoms with Crippen molar-refractivity contribution in [3.05, 3.63) is 112 Å². The van der Waals surface area contributed by atoms with Crippen LogP contribution in [-0.2, 0) is 43.1 Å². The van der Waals surface area contributed by atoms with Crippen LogP contribution in [0.2, 0.25) is 0 Å². The molecule has 2 N–H and O–H groups in total. The number of hydrogen-bond acceptors (Lipinski definition) is 8. The number of esters is 2. The number of methoxy groups -OCH3 is 2. The SMILES string of the molecule is CC/C=C\CCCOc1cccc(CC(=O)O)c1C.CC/C=C\CCCOc1cccc(CC(=O)OC)c1C.COC(=O)Cc1cccc(O)c1C. The van der Waals surface area contributed by atoms with Crippen LogP contribution in [0, 0.1) is 20.8 Å². The number of carboxylic acids is 1. The molecule has 0 amide bonds. The molecule has 9 heteroatoms. The zero-order chi connectivity index (χ0) is 38.7. The van der Waals surface area contributed by atoms with Crippen LogP contribution in [-0.4, -0.2) is 55.6 Å². The molecule has 0 heterocycles. The summed E-state index contributed by atoms with van der Waals surface area (Å²) in [4.78, 5) is 33.0. The number of phenols is 1. The number of carbonyl (C=O) groups is 3. The van der Waals surface area contributed by atoms with Crippen molar-refractivity contribution < 1.29 is 43.5 Å². The lowest BCUT2D eigenvalue weighted by atomic mass is 10.1. The van der Waals surface area contributed by atoms with Gasteiger partial charge in [0.05, 0.1) is 46.7 Å². The monoisotopic (exact) mass is 718 g/mol. The van der Waals surface area contributed by atoms with Gasteiger partial charge in [-0.3, -0.25) is 14.4 Å². The highest BCUT2D eigenvalue weighted by Gasteiger charge is 2.10. The van der Waals surface area contributed by atoms with Gasteiger partial charge in [0.1, 0.15) is 17.2 Å². The fraction of sp³-hybridized carbons (Fsp3) is 0.419. The lowest BCUT2D eigenvalue weighted by Crippen LogP contribution is -2.07. The third-order valence-corrected chi connectivity index (χ3v) is 8.03. The van der Waals surface area contributed by atoms with Crippen molar-refractivity contribution >= 4 is 17.9 Å². The van der Waals surface area contributed by atoms with Gasteiger partial charge in [-0.2, -0.15) is 0 Å². The molecule has 9 nitrogen and oxygen atoms in total. The predicted octanol–water partition coefficient (Wildman–Crippen LogP) is 9.00. The second kappa shape index (κ2) is 26.7. The largest absolute Gasteiger partial charge is 0.508 e. The van der Waals surface area contributed by atoms with Gasteiger partial charge in [-0.05, 0) is 111 Å². The molecule has 0 fully saturated rings. The molecule has 0 saturated carbocycles. The molecule has 0 atom stereocenters. The predicted molar refractivity (Wildman–Crippen MR) is 206 cm³/mol. The fourth-order valence-corrected chi connectivity index (χ4v) is 4.83. The van der Waals surface area contributed by atoms with E-state index >= 15 is 0 Å². The summed E-state index contributed by atoms with van der Waals surface area (Å²) in [5, 5.41) is 18.2. The first-order valence-corrected chi connectivity index (χ1v) is 17.8. The van der Waals surface area contributed by atoms with E-state index in [1.54, 1.807) is 25.1 Å². The van der Waals surface area contributed by atoms with Crippen LogP contribution in [0.3, 0.4) is 0 Å². The maximum absolute atomic E-state index is 11.3. The summed E-state index contributed by atoms with van der Waals surface area (Å²) in [6, 6.07) is 16.5. The van der Waals surface area contributed by atoms with Crippen LogP contribution in [0.4, 0.5) is 0 Å². The van der Waals surface area contributed by atoms with Crippen molar-refractivity contribution in [1.29, 1.82) is 0 Å². The third-order valence-electron chi connectivity index (χ3n) is 8.03. The number of hydrogen-bond donors (Lipinski definition) is 2. The molecule has 3 rings (SSSR count). The lowest BCUT2D eigenvalue weighted by Gasteiger charge is -2.12. The summed E-state index contributed by atoms with van der Waals surface area (Å²) in [5.74, 6) is 0.513. The maximum Gasteiger partial charge on any atom is 0.309 e. The van der Waals surface area contributed by atoms with Gasteiger partial charge in [-0.25, -0.2) is 0 Å². The molecule has 0 aliphatic rings. The molecule has 0 unspecified atom stereocenters. The molecule has 3 aromatic carbocycles. The van der Waals surface area contributed by atoms with E-state index in [4.69, 9.17) is 19.3 Å². The summed E-state index contributed by atoms with van der Waals surface area (Å²) >= 11 is 0. The molecular weight excluding hydrogens is 660 g/mol. The minimum absolute atomic E-state index is 0.0439. The minimum Gasteiger partial charge on any atom is -0.508 e. The van der Waals surface area contributed by atoms with Crippen LogP contribution in [0.25, 0.3) is 0 Å². The standard InChI is InChI=1S/C17H24O3.C16H22O3.C10H12O3/c1-4-5-6-7-8-12-20-16-11-9-10-15(14(16)2)13-17(18)19-3;1-3-4-5-6-7-11-19-15-10-8-9-14(13(15)2)12-16(17)18;1-7-8(6-10(12)13-2)4-3-5-9(7)11/h5-6,9-11H,4,7-8,12-13H2,1-3H3;4-5,8-10H,3,6-7,11-12H2,1-2H3,(H,17,18);3-5,11H,6H2,1-2H3/b6-5-;5-4-;. The highest BCUT2D eigenvalue weighted by molar-refractivity contribution is 5.74. The molecule has 0 saturated heterocycles. The van der Waals surface area contributed by atoms with Crippen LogP contribution >= 0.6 is 0 Å². The molecule has 284 valence electrons. The van der Waals surface area contributed by atoms with Gasteiger partial charge in [0.15, 0.2) is 0 Å². The average Bonchev–Trinajstić information content (AvgIpc) is 3.13. The first kappa shape index (κ1) is 45.0. The summed E-state index contributed by atoms with van der Waals surface area (Å²) in [7, 11) is 2.75. The molecule has 0 aliphatic carbocycles. The molecular formula is C43H58O9. The Balaban J connectivity index is 0.000000399. The van der Waals surface area contributed by atoms with Gasteiger partial charge >= 0.3 is 17.9 Å². The first-order chi connectivity index (χ1) is 25.0. The summed E-state index contributed by atoms with van der Waals surface area (Å²) in [6.45, 7) is 11.2. The Bertz CT molecular complexity index is 1570. The lowest BCUT2D eigenvalue weighted by molar-refractivity contribution is -0.140. The third kappa shape index (κ3) is 18.3. The number of carbonyl (C=O) groups excluding carboxylic acids is 2. The summed E-state index contributed by atoms with van der Waals surface area (Å²) in [5.41, 5.74) is 5.24. The quantitative estimate of drug-likeness (QED) is 0.0752. The first-order valence-electron chi connectivity index (χ1n) is 17.8. The summed E-state index contributed by atoms with van der Waals surface area (Å²) in [6.07, 6.45) is 15.4. The van der Waals surface area contributed by atoms with Gasteiger partial charge in [-0.1, -0.05) is 74.5 Å². The van der Waals surface area contributed by atoms with E-state index in [0.29, 0.717) is 19.6 Å². The minimum atomic E-state index is -0.815. The normalized spacial score (nSPS) is 10.5. The highest BCUT2D eigenvalue weighted by atomic mass is 16.5. The highest BCUT2D eigenvalue weighted by Crippen LogP contribution is 2.24. The average molecular weight is 719 g/mol. The van der Waals surface area contributed by atoms with Gasteiger partial charge < -0.3 is 29.2 Å². The van der Waals surface area contributed by atoms with Crippen molar-refractivity contribution in [3.63, 3.8) is 0 Å². The number of unbranched alkanes of at least 4 members (excludes halogenated alkanes) is 2. The number of aromatic hydroxyl groups is 1. The Morgan fingerprint density at radius 2 is 1.00 bits per heavy atom. The maximum atomic E-state index is 11.3. The van der Waals surface area contributed by atoms with Crippen LogP contribution < -0.4 is 9.47 Å². The van der Waals surface area contributed by atoms with Crippen LogP contribution in [0.5, 0.6) is 17.2 Å². The van der Waals surface area contributed by atoms with E-state index in [2.05, 4.69) is 42.9 Å². The summed E-state index contributed by atoms with van der Waals surface area (Å²) < 4.78 is 20.7. The van der Waals surface area contributed by atoms with E-state index in [1.807, 2.05) is 50.2 Å².